The predicted octanol–water partition coefficient (Wildman–Crippen LogP) is 8.53. The molecule has 0 aromatic heterocycles. The van der Waals surface area contributed by atoms with Gasteiger partial charge in [-0.15, -0.1) is 0 Å². The number of rotatable bonds is 7. The quantitative estimate of drug-likeness (QED) is 0.267. The Morgan fingerprint density at radius 1 is 0.719 bits per heavy atom. The van der Waals surface area contributed by atoms with E-state index in [0.29, 0.717) is 18.2 Å². The zero-order valence-electron chi connectivity index (χ0n) is 18.8. The van der Waals surface area contributed by atoms with E-state index in [0.717, 1.165) is 55.3 Å². The lowest BCUT2D eigenvalue weighted by atomic mass is 9.91. The van der Waals surface area contributed by atoms with E-state index in [1.54, 1.807) is 0 Å². The van der Waals surface area contributed by atoms with Crippen molar-refractivity contribution in [3.8, 4) is 22.6 Å². The molecule has 2 nitrogen and oxygen atoms in total. The number of hydrogen-bond donors (Lipinski definition) is 0. The first kappa shape index (κ1) is 22.0. The highest BCUT2D eigenvalue weighted by Gasteiger charge is 2.19. The van der Waals surface area contributed by atoms with Crippen LogP contribution in [0, 0.1) is 6.92 Å². The van der Waals surface area contributed by atoms with Crippen LogP contribution in [0.2, 0.25) is 5.02 Å². The normalized spacial score (nSPS) is 11.0. The van der Waals surface area contributed by atoms with Gasteiger partial charge < -0.3 is 9.47 Å². The van der Waals surface area contributed by atoms with Crippen LogP contribution in [0.1, 0.15) is 19.4 Å². The van der Waals surface area contributed by atoms with Crippen LogP contribution in [0.4, 0.5) is 0 Å². The Hall–Kier alpha value is -3.23. The summed E-state index contributed by atoms with van der Waals surface area (Å²) in [4.78, 5) is 0. The minimum atomic E-state index is 0.442. The Morgan fingerprint density at radius 3 is 1.75 bits per heavy atom. The van der Waals surface area contributed by atoms with Gasteiger partial charge in [0.15, 0.2) is 0 Å². The number of hydrogen-bond acceptors (Lipinski definition) is 2. The first-order chi connectivity index (χ1) is 15.3. The molecular weight excluding hydrogens is 416 g/mol. The van der Waals surface area contributed by atoms with Crippen LogP contribution < -0.4 is 9.47 Å². The number of halogens is 1. The first-order valence-corrected chi connectivity index (χ1v) is 11.0. The van der Waals surface area contributed by atoms with Crippen molar-refractivity contribution in [2.45, 2.75) is 20.8 Å². The van der Waals surface area contributed by atoms with Crippen molar-refractivity contribution in [2.24, 2.45) is 0 Å². The molecule has 0 aliphatic rings. The number of aryl methyl sites for hydroxylation is 1. The van der Waals surface area contributed by atoms with Gasteiger partial charge in [0, 0.05) is 16.1 Å². The molecule has 0 radical (unpaired) electrons. The van der Waals surface area contributed by atoms with Gasteiger partial charge in [-0.25, -0.2) is 0 Å². The van der Waals surface area contributed by atoms with Gasteiger partial charge in [-0.3, -0.25) is 0 Å². The van der Waals surface area contributed by atoms with E-state index in [1.165, 1.54) is 5.56 Å². The zero-order valence-corrected chi connectivity index (χ0v) is 19.6. The number of ether oxygens (including phenoxy) is 2. The van der Waals surface area contributed by atoms with Crippen LogP contribution in [0.3, 0.4) is 0 Å². The van der Waals surface area contributed by atoms with E-state index < -0.39 is 0 Å². The summed E-state index contributed by atoms with van der Waals surface area (Å²) >= 11 is 6.31. The topological polar surface area (TPSA) is 18.5 Å². The first-order valence-electron chi connectivity index (χ1n) is 10.6. The fourth-order valence-electron chi connectivity index (χ4n) is 3.87. The lowest BCUT2D eigenvalue weighted by molar-refractivity contribution is 0.349. The van der Waals surface area contributed by atoms with Gasteiger partial charge >= 0.3 is 0 Å². The zero-order chi connectivity index (χ0) is 22.8. The number of benzene rings is 4. The molecule has 0 spiro atoms. The molecule has 162 valence electrons. The van der Waals surface area contributed by atoms with Crippen molar-refractivity contribution in [1.29, 1.82) is 0 Å². The third-order valence-electron chi connectivity index (χ3n) is 5.28. The third-order valence-corrected chi connectivity index (χ3v) is 5.51. The van der Waals surface area contributed by atoms with Gasteiger partial charge in [-0.1, -0.05) is 66.7 Å². The van der Waals surface area contributed by atoms with Crippen LogP contribution in [0.5, 0.6) is 11.5 Å². The number of fused-ring (bicyclic) bond motifs is 2. The molecule has 3 heteroatoms. The predicted molar refractivity (Wildman–Crippen MR) is 137 cm³/mol. The molecule has 32 heavy (non-hydrogen) atoms. The van der Waals surface area contributed by atoms with Crippen molar-refractivity contribution < 1.29 is 9.47 Å². The Balaban J connectivity index is 2.07. The molecule has 0 aliphatic carbocycles. The highest BCUT2D eigenvalue weighted by atomic mass is 35.5. The molecule has 0 fully saturated rings. The Bertz CT molecular complexity index is 1250. The van der Waals surface area contributed by atoms with Crippen molar-refractivity contribution in [1.82, 2.24) is 0 Å². The second kappa shape index (κ2) is 9.10. The van der Waals surface area contributed by atoms with Crippen molar-refractivity contribution in [3.05, 3.63) is 95.6 Å². The van der Waals surface area contributed by atoms with Crippen LogP contribution in [0.25, 0.3) is 32.7 Å². The molecule has 0 N–H and O–H groups in total. The lowest BCUT2D eigenvalue weighted by Crippen LogP contribution is -2.03. The monoisotopic (exact) mass is 442 g/mol. The van der Waals surface area contributed by atoms with Crippen molar-refractivity contribution >= 4 is 33.1 Å². The summed E-state index contributed by atoms with van der Waals surface area (Å²) in [5, 5.41) is 5.07. The summed E-state index contributed by atoms with van der Waals surface area (Å²) < 4.78 is 12.5. The minimum absolute atomic E-state index is 0.442. The summed E-state index contributed by atoms with van der Waals surface area (Å²) in [5.74, 6) is 1.59. The molecule has 0 unspecified atom stereocenters. The fraction of sp³-hybridized carbons (Fsp3) is 0.172. The smallest absolute Gasteiger partial charge is 0.128 e. The molecule has 4 aromatic carbocycles. The summed E-state index contributed by atoms with van der Waals surface area (Å²) in [6, 6.07) is 20.6. The molecule has 0 atom stereocenters. The Labute approximate surface area is 194 Å². The van der Waals surface area contributed by atoms with E-state index in [1.807, 2.05) is 44.2 Å². The van der Waals surface area contributed by atoms with E-state index in [2.05, 4.69) is 50.4 Å². The molecule has 0 saturated heterocycles. The second-order valence-corrected chi connectivity index (χ2v) is 8.90. The molecule has 4 aromatic rings. The molecule has 0 amide bonds. The second-order valence-electron chi connectivity index (χ2n) is 8.46. The summed E-state index contributed by atoms with van der Waals surface area (Å²) in [6.07, 6.45) is 0. The van der Waals surface area contributed by atoms with Crippen LogP contribution in [-0.4, -0.2) is 13.2 Å². The molecule has 0 heterocycles. The van der Waals surface area contributed by atoms with Gasteiger partial charge in [-0.2, -0.15) is 0 Å². The Kier molecular flexibility index (Phi) is 6.25. The maximum atomic E-state index is 6.31. The standard InChI is InChI=1S/C29H27ClO2/c1-18(2)16-31-26-12-7-21-14-20(5)6-10-24(21)28(26)29-25-11-9-23(30)15-22(25)8-13-27(29)32-17-19(3)4/h6-15H,1,3,16-17H2,2,4-5H3. The molecule has 0 bridgehead atoms. The van der Waals surface area contributed by atoms with Crippen molar-refractivity contribution in [2.75, 3.05) is 13.2 Å². The van der Waals surface area contributed by atoms with Gasteiger partial charge in [0.1, 0.15) is 24.7 Å². The summed E-state index contributed by atoms with van der Waals surface area (Å²) in [6.45, 7) is 14.9. The maximum Gasteiger partial charge on any atom is 0.128 e. The van der Waals surface area contributed by atoms with E-state index >= 15 is 0 Å². The lowest BCUT2D eigenvalue weighted by Gasteiger charge is -2.20. The van der Waals surface area contributed by atoms with Gasteiger partial charge in [-0.05, 0) is 77.7 Å². The van der Waals surface area contributed by atoms with Gasteiger partial charge in [0.2, 0.25) is 0 Å². The molecular formula is C29H27ClO2. The van der Waals surface area contributed by atoms with E-state index in [4.69, 9.17) is 21.1 Å². The maximum absolute atomic E-state index is 6.31. The Morgan fingerprint density at radius 2 is 1.22 bits per heavy atom. The summed E-state index contributed by atoms with van der Waals surface area (Å²) in [7, 11) is 0. The van der Waals surface area contributed by atoms with Gasteiger partial charge in [0.05, 0.1) is 0 Å². The molecule has 4 rings (SSSR count). The molecule has 0 saturated carbocycles. The highest BCUT2D eigenvalue weighted by molar-refractivity contribution is 6.31. The highest BCUT2D eigenvalue weighted by Crippen LogP contribution is 2.46. The van der Waals surface area contributed by atoms with Crippen LogP contribution >= 0.6 is 11.6 Å². The van der Waals surface area contributed by atoms with Crippen LogP contribution in [0.15, 0.2) is 85.0 Å². The largest absolute Gasteiger partial charge is 0.489 e. The van der Waals surface area contributed by atoms with Crippen molar-refractivity contribution in [3.63, 3.8) is 0 Å². The fourth-order valence-corrected chi connectivity index (χ4v) is 4.05. The average molecular weight is 443 g/mol. The van der Waals surface area contributed by atoms with Crippen LogP contribution in [-0.2, 0) is 0 Å². The third kappa shape index (κ3) is 4.51. The average Bonchev–Trinajstić information content (AvgIpc) is 2.75. The SMILES string of the molecule is C=C(C)COc1ccc2cc(C)ccc2c1-c1c(OCC(=C)C)ccc2cc(Cl)ccc12. The summed E-state index contributed by atoms with van der Waals surface area (Å²) in [5.41, 5.74) is 5.13. The van der Waals surface area contributed by atoms with Gasteiger partial charge in [0.25, 0.3) is 0 Å². The molecule has 0 aliphatic heterocycles. The van der Waals surface area contributed by atoms with E-state index in [9.17, 15) is 0 Å². The minimum Gasteiger partial charge on any atom is -0.489 e. The van der Waals surface area contributed by atoms with E-state index in [-0.39, 0.29) is 0 Å².